The monoisotopic (exact) mass is 507 g/mol. The highest BCUT2D eigenvalue weighted by molar-refractivity contribution is 6.30. The van der Waals surface area contributed by atoms with Gasteiger partial charge < -0.3 is 4.74 Å². The number of nitrogens with one attached hydrogen (secondary N) is 2. The summed E-state index contributed by atoms with van der Waals surface area (Å²) in [5, 5.41) is 0.465. The summed E-state index contributed by atoms with van der Waals surface area (Å²) in [7, 11) is 0. The van der Waals surface area contributed by atoms with E-state index < -0.39 is 24.4 Å². The van der Waals surface area contributed by atoms with Gasteiger partial charge in [0.2, 0.25) is 11.8 Å². The fraction of sp³-hybridized carbons (Fsp3) is 0.269. The third kappa shape index (κ3) is 4.15. The van der Waals surface area contributed by atoms with E-state index in [9.17, 15) is 24.0 Å². The van der Waals surface area contributed by atoms with Crippen molar-refractivity contribution in [3.8, 4) is 0 Å². The number of nitrogens with zero attached hydrogens (tertiary/aromatic N) is 1. The molecule has 9 nitrogen and oxygen atoms in total. The summed E-state index contributed by atoms with van der Waals surface area (Å²) < 4.78 is 5.03. The Hall–Kier alpha value is -3.98. The maximum absolute atomic E-state index is 13.1. The van der Waals surface area contributed by atoms with Crippen LogP contribution < -0.4 is 15.8 Å². The van der Waals surface area contributed by atoms with Gasteiger partial charge in [0.15, 0.2) is 6.61 Å². The largest absolute Gasteiger partial charge is 0.452 e. The summed E-state index contributed by atoms with van der Waals surface area (Å²) in [6.45, 7) is 1.35. The zero-order chi connectivity index (χ0) is 25.6. The molecule has 2 aliphatic carbocycles. The average Bonchev–Trinajstić information content (AvgIpc) is 3.51. The minimum Gasteiger partial charge on any atom is -0.452 e. The maximum atomic E-state index is 13.1. The van der Waals surface area contributed by atoms with E-state index in [0.717, 1.165) is 16.9 Å². The molecule has 184 valence electrons. The van der Waals surface area contributed by atoms with Crippen molar-refractivity contribution in [3.05, 3.63) is 76.3 Å². The number of hydrogen-bond acceptors (Lipinski definition) is 6. The van der Waals surface area contributed by atoms with Gasteiger partial charge in [0.25, 0.3) is 11.8 Å². The van der Waals surface area contributed by atoms with Gasteiger partial charge in [-0.3, -0.25) is 30.0 Å². The molecule has 3 aliphatic rings. The Morgan fingerprint density at radius 2 is 1.72 bits per heavy atom. The van der Waals surface area contributed by atoms with Crippen molar-refractivity contribution in [1.29, 1.82) is 0 Å². The number of amides is 4. The number of hydrogen-bond donors (Lipinski definition) is 2. The lowest BCUT2D eigenvalue weighted by Gasteiger charge is -2.19. The molecule has 0 radical (unpaired) electrons. The van der Waals surface area contributed by atoms with Crippen LogP contribution in [0.4, 0.5) is 5.69 Å². The molecule has 1 saturated heterocycles. The van der Waals surface area contributed by atoms with Crippen LogP contribution in [0.2, 0.25) is 5.02 Å². The van der Waals surface area contributed by atoms with E-state index in [1.807, 2.05) is 6.92 Å². The second-order valence-corrected chi connectivity index (χ2v) is 9.55. The van der Waals surface area contributed by atoms with Crippen molar-refractivity contribution in [2.24, 2.45) is 23.7 Å². The first kappa shape index (κ1) is 23.7. The average molecular weight is 508 g/mol. The number of halogens is 1. The second-order valence-electron chi connectivity index (χ2n) is 9.12. The van der Waals surface area contributed by atoms with Gasteiger partial charge in [0, 0.05) is 10.6 Å². The van der Waals surface area contributed by atoms with Gasteiger partial charge in [0.05, 0.1) is 23.1 Å². The fourth-order valence-electron chi connectivity index (χ4n) is 5.35. The number of fused-ring (bicyclic) bond motifs is 5. The molecule has 36 heavy (non-hydrogen) atoms. The van der Waals surface area contributed by atoms with Gasteiger partial charge in [-0.2, -0.15) is 0 Å². The number of anilines is 1. The number of allylic oxidation sites excluding steroid dienone is 2. The molecule has 1 aliphatic heterocycles. The number of hydrazine groups is 1. The molecule has 0 spiro atoms. The predicted octanol–water partition coefficient (Wildman–Crippen LogP) is 2.66. The highest BCUT2D eigenvalue weighted by atomic mass is 35.5. The highest BCUT2D eigenvalue weighted by Gasteiger charge is 2.60. The summed E-state index contributed by atoms with van der Waals surface area (Å²) in [5.74, 6) is -3.16. The lowest BCUT2D eigenvalue weighted by Crippen LogP contribution is -2.43. The zero-order valence-corrected chi connectivity index (χ0v) is 20.0. The van der Waals surface area contributed by atoms with Crippen LogP contribution in [-0.4, -0.2) is 36.2 Å². The van der Waals surface area contributed by atoms with Crippen molar-refractivity contribution in [3.63, 3.8) is 0 Å². The fourth-order valence-corrected chi connectivity index (χ4v) is 5.48. The predicted molar refractivity (Wildman–Crippen MR) is 129 cm³/mol. The smallest absolute Gasteiger partial charge is 0.338 e. The molecule has 5 rings (SSSR count). The molecule has 10 heteroatoms. The van der Waals surface area contributed by atoms with Crippen LogP contribution in [-0.2, 0) is 19.1 Å². The summed E-state index contributed by atoms with van der Waals surface area (Å²) in [5.41, 5.74) is 6.19. The van der Waals surface area contributed by atoms with Crippen LogP contribution in [0, 0.1) is 23.7 Å². The third-order valence-electron chi connectivity index (χ3n) is 6.98. The van der Waals surface area contributed by atoms with Crippen molar-refractivity contribution < 1.29 is 28.7 Å². The molecule has 1 saturated carbocycles. The second kappa shape index (κ2) is 9.23. The number of imide groups is 1. The number of carbonyl (C=O) groups excluding carboxylic acids is 5. The Balaban J connectivity index is 1.18. The molecule has 2 bridgehead atoms. The van der Waals surface area contributed by atoms with Gasteiger partial charge >= 0.3 is 5.97 Å². The number of benzene rings is 2. The molecule has 2 aromatic carbocycles. The molecule has 1 heterocycles. The van der Waals surface area contributed by atoms with E-state index in [1.165, 1.54) is 36.4 Å². The van der Waals surface area contributed by atoms with Gasteiger partial charge in [-0.15, -0.1) is 0 Å². The quantitative estimate of drug-likeness (QED) is 0.278. The van der Waals surface area contributed by atoms with Gasteiger partial charge in [-0.25, -0.2) is 9.69 Å². The molecule has 2 aromatic rings. The van der Waals surface area contributed by atoms with Gasteiger partial charge in [-0.1, -0.05) is 29.3 Å². The first-order valence-corrected chi connectivity index (χ1v) is 11.8. The number of esters is 1. The highest BCUT2D eigenvalue weighted by Crippen LogP contribution is 2.55. The molecule has 4 atom stereocenters. The first-order chi connectivity index (χ1) is 17.2. The van der Waals surface area contributed by atoms with Gasteiger partial charge in [0.1, 0.15) is 0 Å². The van der Waals surface area contributed by atoms with Crippen LogP contribution in [0.25, 0.3) is 0 Å². The van der Waals surface area contributed by atoms with Crippen molar-refractivity contribution in [2.75, 3.05) is 11.5 Å². The Kier molecular flexibility index (Phi) is 6.09. The first-order valence-electron chi connectivity index (χ1n) is 11.4. The molecule has 0 unspecified atom stereocenters. The summed E-state index contributed by atoms with van der Waals surface area (Å²) in [6.07, 6.45) is 2.93. The molecular formula is C26H22ClN3O6. The third-order valence-corrected chi connectivity index (χ3v) is 7.23. The number of rotatable bonds is 5. The van der Waals surface area contributed by atoms with Crippen molar-refractivity contribution in [1.82, 2.24) is 10.9 Å². The lowest BCUT2D eigenvalue weighted by molar-refractivity contribution is -0.125. The standard InChI is InChI=1S/C26H22ClN3O6/c1-13-9-16-11-19(13)22-21(16)24(33)30(25(22)34)18-4-2-3-15(10-18)26(35)36-12-20(31)28-29-23(32)14-5-7-17(27)8-6-14/h2-10,16,19,21-22H,11-12H2,1H3,(H,28,31)(H,29,32)/t16-,19+,21+,22-/m0/s1. The van der Waals surface area contributed by atoms with Crippen LogP contribution in [0.1, 0.15) is 34.1 Å². The number of ether oxygens (including phenoxy) is 1. The normalized spacial score (nSPS) is 23.8. The van der Waals surface area contributed by atoms with Crippen LogP contribution in [0.15, 0.2) is 60.2 Å². The molecule has 2 fully saturated rings. The number of carbonyl (C=O) groups is 5. The van der Waals surface area contributed by atoms with Crippen LogP contribution in [0.3, 0.4) is 0 Å². The minimum absolute atomic E-state index is 0.0771. The Labute approximate surface area is 211 Å². The van der Waals surface area contributed by atoms with E-state index in [4.69, 9.17) is 16.3 Å². The topological polar surface area (TPSA) is 122 Å². The van der Waals surface area contributed by atoms with E-state index in [0.29, 0.717) is 10.7 Å². The van der Waals surface area contributed by atoms with Crippen LogP contribution in [0.5, 0.6) is 0 Å². The van der Waals surface area contributed by atoms with Crippen LogP contribution >= 0.6 is 11.6 Å². The molecular weight excluding hydrogens is 486 g/mol. The molecule has 0 aromatic heterocycles. The van der Waals surface area contributed by atoms with Crippen molar-refractivity contribution >= 4 is 46.9 Å². The maximum Gasteiger partial charge on any atom is 0.338 e. The van der Waals surface area contributed by atoms with E-state index in [-0.39, 0.29) is 46.6 Å². The molecule has 2 N–H and O–H groups in total. The van der Waals surface area contributed by atoms with Crippen molar-refractivity contribution in [2.45, 2.75) is 13.3 Å². The van der Waals surface area contributed by atoms with E-state index >= 15 is 0 Å². The van der Waals surface area contributed by atoms with Gasteiger partial charge in [-0.05, 0) is 67.6 Å². The summed E-state index contributed by atoms with van der Waals surface area (Å²) >= 11 is 5.78. The Bertz CT molecular complexity index is 1320. The summed E-state index contributed by atoms with van der Waals surface area (Å²) in [4.78, 5) is 64.0. The SMILES string of the molecule is CC1=C[C@H]2C[C@H]1[C@@H]1C(=O)N(c3cccc(C(=O)OCC(=O)NNC(=O)c4ccc(Cl)cc4)c3)C(=O)[C@@H]12. The van der Waals surface area contributed by atoms with E-state index in [2.05, 4.69) is 16.9 Å². The Morgan fingerprint density at radius 1 is 1.00 bits per heavy atom. The summed E-state index contributed by atoms with van der Waals surface area (Å²) in [6, 6.07) is 12.1. The molecule has 4 amide bonds. The minimum atomic E-state index is -0.812. The lowest BCUT2D eigenvalue weighted by atomic mass is 9.82. The zero-order valence-electron chi connectivity index (χ0n) is 19.2. The van der Waals surface area contributed by atoms with E-state index in [1.54, 1.807) is 12.1 Å². The Morgan fingerprint density at radius 3 is 2.47 bits per heavy atom.